The van der Waals surface area contributed by atoms with Crippen molar-refractivity contribution < 1.29 is 20.0 Å². The van der Waals surface area contributed by atoms with Crippen LogP contribution in [0.2, 0.25) is 0 Å². The number of nitrogens with zero attached hydrogens (tertiary/aromatic N) is 2. The molecule has 0 radical (unpaired) electrons. The van der Waals surface area contributed by atoms with Gasteiger partial charge in [0.1, 0.15) is 0 Å². The number of hydrogen-bond acceptors (Lipinski definition) is 1. The van der Waals surface area contributed by atoms with Crippen LogP contribution >= 0.6 is 9.19 Å². The normalized spacial score (nSPS) is 10.8. The molecule has 2 aromatic heterocycles. The Morgan fingerprint density at radius 2 is 1.85 bits per heavy atom. The van der Waals surface area contributed by atoms with Crippen molar-refractivity contribution >= 4 is 36.5 Å². The van der Waals surface area contributed by atoms with Crippen LogP contribution in [0.15, 0.2) is 48.7 Å². The number of imidazole rings is 1. The number of aryl methyl sites for hydroxylation is 1. The summed E-state index contributed by atoms with van der Waals surface area (Å²) in [6.07, 6.45) is 2.08. The third-order valence-electron chi connectivity index (χ3n) is 3.36. The maximum absolute atomic E-state index is 4.62. The van der Waals surface area contributed by atoms with E-state index in [0.717, 1.165) is 16.7 Å². The van der Waals surface area contributed by atoms with Crippen molar-refractivity contribution in [2.75, 3.05) is 0 Å². The van der Waals surface area contributed by atoms with E-state index in [1.54, 1.807) is 0 Å². The fraction of sp³-hybridized carbons (Fsp3) is 0.0625. The summed E-state index contributed by atoms with van der Waals surface area (Å²) in [6, 6.07) is 17.9. The standard InChI is InChI=1S/C16H11N2.Ag.ClH/c1-11-10-18-15-9-5-4-7-13(15)12-6-2-3-8-14(12)16(18)17-11;;/h2-7,9-10H,1H3;;1H/q-1;+1;/p-1. The molecule has 2 aromatic carbocycles. The van der Waals surface area contributed by atoms with Crippen LogP contribution in [0.1, 0.15) is 5.69 Å². The molecule has 4 rings (SSSR count). The van der Waals surface area contributed by atoms with Crippen molar-refractivity contribution in [2.24, 2.45) is 0 Å². The quantitative estimate of drug-likeness (QED) is 0.253. The van der Waals surface area contributed by atoms with Crippen LogP contribution in [-0.4, -0.2) is 9.38 Å². The summed E-state index contributed by atoms with van der Waals surface area (Å²) in [5, 5.41) is 3.55. The second-order valence-corrected chi connectivity index (χ2v) is 4.55. The molecule has 0 unspecified atom stereocenters. The number of benzene rings is 2. The molecule has 0 bridgehead atoms. The fourth-order valence-corrected chi connectivity index (χ4v) is 2.62. The van der Waals surface area contributed by atoms with Crippen LogP contribution < -0.4 is 0 Å². The van der Waals surface area contributed by atoms with Gasteiger partial charge >= 0.3 is 29.2 Å². The Morgan fingerprint density at radius 1 is 1.10 bits per heavy atom. The summed E-state index contributed by atoms with van der Waals surface area (Å²) >= 11 is 2.42. The second kappa shape index (κ2) is 5.58. The van der Waals surface area contributed by atoms with Gasteiger partial charge in [-0.3, -0.25) is 4.98 Å². The summed E-state index contributed by atoms with van der Waals surface area (Å²) in [6.45, 7) is 2.02. The van der Waals surface area contributed by atoms with Crippen molar-refractivity contribution in [2.45, 2.75) is 6.92 Å². The molecular weight excluding hydrogens is 364 g/mol. The topological polar surface area (TPSA) is 17.3 Å². The van der Waals surface area contributed by atoms with E-state index in [0.29, 0.717) is 0 Å². The number of hydrogen-bond donors (Lipinski definition) is 0. The molecule has 0 fully saturated rings. The SMILES string of the molecule is Cc1cn2c3ccccc3c3ccc[c-]c3c2n1.[Cl][Ag]. The molecule has 0 amide bonds. The molecule has 0 aliphatic heterocycles. The Bertz CT molecular complexity index is 826. The minimum atomic E-state index is 0.988. The van der Waals surface area contributed by atoms with Gasteiger partial charge in [-0.1, -0.05) is 23.6 Å². The first-order valence-corrected chi connectivity index (χ1v) is 8.04. The summed E-state index contributed by atoms with van der Waals surface area (Å²) in [5.74, 6) is 0. The van der Waals surface area contributed by atoms with Gasteiger partial charge in [-0.15, -0.1) is 29.7 Å². The van der Waals surface area contributed by atoms with E-state index in [1.807, 2.05) is 19.1 Å². The third kappa shape index (κ3) is 2.05. The zero-order chi connectivity index (χ0) is 14.1. The maximum atomic E-state index is 4.62. The van der Waals surface area contributed by atoms with Crippen molar-refractivity contribution in [3.05, 3.63) is 60.4 Å². The predicted octanol–water partition coefficient (Wildman–Crippen LogP) is 4.44. The van der Waals surface area contributed by atoms with Crippen molar-refractivity contribution in [3.8, 4) is 0 Å². The van der Waals surface area contributed by atoms with E-state index < -0.39 is 0 Å². The molecule has 0 spiro atoms. The number of para-hydroxylation sites is 1. The van der Waals surface area contributed by atoms with Crippen LogP contribution in [-0.2, 0) is 20.0 Å². The van der Waals surface area contributed by atoms with Crippen LogP contribution in [0.25, 0.3) is 27.3 Å². The van der Waals surface area contributed by atoms with Gasteiger partial charge in [0.05, 0.1) is 5.65 Å². The van der Waals surface area contributed by atoms with E-state index in [9.17, 15) is 0 Å². The predicted molar refractivity (Wildman–Crippen MR) is 79.6 cm³/mol. The Hall–Kier alpha value is -1.32. The van der Waals surface area contributed by atoms with Gasteiger partial charge in [0.2, 0.25) is 0 Å². The van der Waals surface area contributed by atoms with Crippen molar-refractivity contribution in [3.63, 3.8) is 0 Å². The van der Waals surface area contributed by atoms with Gasteiger partial charge in [0.15, 0.2) is 0 Å². The fourth-order valence-electron chi connectivity index (χ4n) is 2.62. The first-order chi connectivity index (χ1) is 9.84. The molecule has 2 heterocycles. The molecule has 4 heteroatoms. The number of fused-ring (bicyclic) bond motifs is 6. The van der Waals surface area contributed by atoms with Crippen LogP contribution in [0.3, 0.4) is 0 Å². The number of pyridine rings is 1. The van der Waals surface area contributed by atoms with Crippen LogP contribution in [0, 0.1) is 13.0 Å². The zero-order valence-electron chi connectivity index (χ0n) is 10.7. The van der Waals surface area contributed by atoms with E-state index in [4.69, 9.17) is 0 Å². The molecule has 4 aromatic rings. The summed E-state index contributed by atoms with van der Waals surface area (Å²) in [7, 11) is 4.45. The Balaban J connectivity index is 0.000000581. The van der Waals surface area contributed by atoms with Crippen LogP contribution in [0.4, 0.5) is 0 Å². The third-order valence-corrected chi connectivity index (χ3v) is 3.36. The first-order valence-electron chi connectivity index (χ1n) is 6.13. The molecule has 0 aliphatic rings. The molecule has 0 aliphatic carbocycles. The minimum absolute atomic E-state index is 0.988. The Kier molecular flexibility index (Phi) is 3.81. The van der Waals surface area contributed by atoms with E-state index in [1.165, 1.54) is 16.3 Å². The first kappa shape index (κ1) is 13.7. The molecule has 0 saturated heterocycles. The van der Waals surface area contributed by atoms with Gasteiger partial charge in [-0.05, 0) is 18.4 Å². The molecule has 20 heavy (non-hydrogen) atoms. The number of aromatic nitrogens is 2. The van der Waals surface area contributed by atoms with Crippen molar-refractivity contribution in [1.82, 2.24) is 9.38 Å². The number of halogens is 1. The van der Waals surface area contributed by atoms with Gasteiger partial charge in [0.25, 0.3) is 0 Å². The van der Waals surface area contributed by atoms with Gasteiger partial charge in [-0.2, -0.15) is 0 Å². The summed E-state index contributed by atoms with van der Waals surface area (Å²) in [4.78, 5) is 4.62. The molecule has 0 atom stereocenters. The van der Waals surface area contributed by atoms with Gasteiger partial charge < -0.3 is 4.40 Å². The van der Waals surface area contributed by atoms with Crippen LogP contribution in [0.5, 0.6) is 0 Å². The van der Waals surface area contributed by atoms with E-state index in [2.05, 4.69) is 81.2 Å². The molecule has 0 N–H and O–H groups in total. The summed E-state index contributed by atoms with van der Waals surface area (Å²) in [5.41, 5.74) is 3.21. The zero-order valence-corrected chi connectivity index (χ0v) is 12.9. The molecule has 2 nitrogen and oxygen atoms in total. The molecule has 0 saturated carbocycles. The van der Waals surface area contributed by atoms with E-state index >= 15 is 0 Å². The monoisotopic (exact) mass is 373 g/mol. The van der Waals surface area contributed by atoms with E-state index in [-0.39, 0.29) is 0 Å². The average molecular weight is 375 g/mol. The Morgan fingerprint density at radius 3 is 2.70 bits per heavy atom. The average Bonchev–Trinajstić information content (AvgIpc) is 2.92. The second-order valence-electron chi connectivity index (χ2n) is 4.55. The van der Waals surface area contributed by atoms with Crippen molar-refractivity contribution in [1.29, 1.82) is 0 Å². The molecular formula is C16H11AgClN2-. The van der Waals surface area contributed by atoms with Gasteiger partial charge in [-0.25, -0.2) is 0 Å². The van der Waals surface area contributed by atoms with Gasteiger partial charge in [0, 0.05) is 17.4 Å². The summed E-state index contributed by atoms with van der Waals surface area (Å²) < 4.78 is 2.16. The number of rotatable bonds is 0. The Labute approximate surface area is 133 Å². The molecule has 104 valence electrons.